The molecule has 96 valence electrons. The van der Waals surface area contributed by atoms with Crippen LogP contribution >= 0.6 is 0 Å². The summed E-state index contributed by atoms with van der Waals surface area (Å²) >= 11 is 0. The van der Waals surface area contributed by atoms with Crippen molar-refractivity contribution in [2.45, 2.75) is 12.6 Å². The number of halogens is 3. The van der Waals surface area contributed by atoms with Crippen LogP contribution in [-0.4, -0.2) is 16.7 Å². The number of hydrogen-bond acceptors (Lipinski definition) is 4. The van der Waals surface area contributed by atoms with Gasteiger partial charge in [-0.25, -0.2) is 0 Å². The molecule has 2 N–H and O–H groups in total. The lowest BCUT2D eigenvalue weighted by atomic mass is 10.1. The van der Waals surface area contributed by atoms with Crippen LogP contribution in [-0.2, 0) is 12.6 Å². The maximum atomic E-state index is 12.8. The Labute approximate surface area is 101 Å². The SMILES string of the molecule is NCCc1nnc(-c2ccccc2C(F)(F)F)o1. The van der Waals surface area contributed by atoms with Gasteiger partial charge in [-0.15, -0.1) is 10.2 Å². The first-order valence-corrected chi connectivity index (χ1v) is 5.21. The number of nitrogens with two attached hydrogens (primary N) is 1. The first-order chi connectivity index (χ1) is 8.52. The fraction of sp³-hybridized carbons (Fsp3) is 0.273. The largest absolute Gasteiger partial charge is 0.421 e. The van der Waals surface area contributed by atoms with E-state index in [4.69, 9.17) is 10.2 Å². The molecule has 18 heavy (non-hydrogen) atoms. The van der Waals surface area contributed by atoms with Crippen LogP contribution in [0.3, 0.4) is 0 Å². The Morgan fingerprint density at radius 3 is 2.56 bits per heavy atom. The van der Waals surface area contributed by atoms with E-state index in [1.54, 1.807) is 0 Å². The van der Waals surface area contributed by atoms with Crippen molar-refractivity contribution in [1.29, 1.82) is 0 Å². The summed E-state index contributed by atoms with van der Waals surface area (Å²) in [6.07, 6.45) is -4.12. The van der Waals surface area contributed by atoms with E-state index in [0.717, 1.165) is 6.07 Å². The summed E-state index contributed by atoms with van der Waals surface area (Å²) in [4.78, 5) is 0. The Hall–Kier alpha value is -1.89. The third kappa shape index (κ3) is 2.51. The van der Waals surface area contributed by atoms with Crippen molar-refractivity contribution in [1.82, 2.24) is 10.2 Å². The molecule has 1 heterocycles. The van der Waals surface area contributed by atoms with Crippen molar-refractivity contribution in [3.8, 4) is 11.5 Å². The predicted molar refractivity (Wildman–Crippen MR) is 57.5 cm³/mol. The minimum absolute atomic E-state index is 0.124. The van der Waals surface area contributed by atoms with Crippen LogP contribution in [0.4, 0.5) is 13.2 Å². The van der Waals surface area contributed by atoms with Gasteiger partial charge in [0.1, 0.15) is 0 Å². The Morgan fingerprint density at radius 1 is 1.17 bits per heavy atom. The van der Waals surface area contributed by atoms with Crippen molar-refractivity contribution < 1.29 is 17.6 Å². The number of aromatic nitrogens is 2. The second-order valence-corrected chi connectivity index (χ2v) is 3.58. The fourth-order valence-corrected chi connectivity index (χ4v) is 1.50. The number of nitrogens with zero attached hydrogens (tertiary/aromatic N) is 2. The molecular weight excluding hydrogens is 247 g/mol. The summed E-state index contributed by atoms with van der Waals surface area (Å²) in [6, 6.07) is 5.06. The molecule has 0 fully saturated rings. The lowest BCUT2D eigenvalue weighted by Gasteiger charge is -2.09. The zero-order valence-electron chi connectivity index (χ0n) is 9.24. The lowest BCUT2D eigenvalue weighted by Crippen LogP contribution is -2.06. The molecule has 0 bridgehead atoms. The molecule has 1 aromatic carbocycles. The third-order valence-electron chi connectivity index (χ3n) is 2.29. The molecule has 2 rings (SSSR count). The summed E-state index contributed by atoms with van der Waals surface area (Å²) in [6.45, 7) is 0.294. The monoisotopic (exact) mass is 257 g/mol. The highest BCUT2D eigenvalue weighted by Gasteiger charge is 2.34. The van der Waals surface area contributed by atoms with Gasteiger partial charge in [-0.05, 0) is 12.1 Å². The summed E-state index contributed by atoms with van der Waals surface area (Å²) < 4.78 is 43.5. The van der Waals surface area contributed by atoms with E-state index in [1.807, 2.05) is 0 Å². The van der Waals surface area contributed by atoms with Gasteiger partial charge in [-0.2, -0.15) is 13.2 Å². The van der Waals surface area contributed by atoms with E-state index in [2.05, 4.69) is 10.2 Å². The average molecular weight is 257 g/mol. The molecule has 0 atom stereocenters. The van der Waals surface area contributed by atoms with Crippen LogP contribution in [0, 0.1) is 0 Å². The van der Waals surface area contributed by atoms with Crippen molar-refractivity contribution in [2.24, 2.45) is 5.73 Å². The number of benzene rings is 1. The third-order valence-corrected chi connectivity index (χ3v) is 2.29. The van der Waals surface area contributed by atoms with E-state index < -0.39 is 11.7 Å². The van der Waals surface area contributed by atoms with E-state index in [0.29, 0.717) is 13.0 Å². The Morgan fingerprint density at radius 2 is 1.89 bits per heavy atom. The van der Waals surface area contributed by atoms with Gasteiger partial charge in [-0.1, -0.05) is 12.1 Å². The van der Waals surface area contributed by atoms with Gasteiger partial charge in [0.25, 0.3) is 0 Å². The van der Waals surface area contributed by atoms with Gasteiger partial charge < -0.3 is 10.2 Å². The first kappa shape index (κ1) is 12.6. The maximum Gasteiger partial charge on any atom is 0.417 e. The molecule has 0 saturated carbocycles. The highest BCUT2D eigenvalue weighted by atomic mass is 19.4. The number of hydrogen-bond donors (Lipinski definition) is 1. The molecule has 0 aliphatic heterocycles. The predicted octanol–water partition coefficient (Wildman–Crippen LogP) is 2.26. The van der Waals surface area contributed by atoms with Crippen molar-refractivity contribution in [2.75, 3.05) is 6.54 Å². The van der Waals surface area contributed by atoms with Gasteiger partial charge in [0.05, 0.1) is 11.1 Å². The fourth-order valence-electron chi connectivity index (χ4n) is 1.50. The van der Waals surface area contributed by atoms with Crippen molar-refractivity contribution in [3.63, 3.8) is 0 Å². The standard InChI is InChI=1S/C11H10F3N3O/c12-11(13,14)8-4-2-1-3-7(8)10-17-16-9(18-10)5-6-15/h1-4H,5-6,15H2. The molecule has 0 aliphatic carbocycles. The average Bonchev–Trinajstić information content (AvgIpc) is 2.77. The van der Waals surface area contributed by atoms with Crippen LogP contribution in [0.25, 0.3) is 11.5 Å². The van der Waals surface area contributed by atoms with Crippen LogP contribution in [0.5, 0.6) is 0 Å². The first-order valence-electron chi connectivity index (χ1n) is 5.21. The van der Waals surface area contributed by atoms with Gasteiger partial charge in [0, 0.05) is 13.0 Å². The lowest BCUT2D eigenvalue weighted by molar-refractivity contribution is -0.137. The maximum absolute atomic E-state index is 12.8. The molecule has 0 unspecified atom stereocenters. The van der Waals surface area contributed by atoms with Crippen molar-refractivity contribution in [3.05, 3.63) is 35.7 Å². The molecular formula is C11H10F3N3O. The van der Waals surface area contributed by atoms with Crippen LogP contribution in [0.15, 0.2) is 28.7 Å². The molecule has 0 radical (unpaired) electrons. The second-order valence-electron chi connectivity index (χ2n) is 3.58. The van der Waals surface area contributed by atoms with Crippen LogP contribution in [0.2, 0.25) is 0 Å². The van der Waals surface area contributed by atoms with Crippen LogP contribution < -0.4 is 5.73 Å². The second kappa shape index (κ2) is 4.77. The highest BCUT2D eigenvalue weighted by Crippen LogP contribution is 2.36. The Balaban J connectivity index is 2.43. The van der Waals surface area contributed by atoms with Crippen molar-refractivity contribution >= 4 is 0 Å². The number of rotatable bonds is 3. The van der Waals surface area contributed by atoms with E-state index in [-0.39, 0.29) is 17.3 Å². The molecule has 1 aromatic heterocycles. The van der Waals surface area contributed by atoms with E-state index in [9.17, 15) is 13.2 Å². The van der Waals surface area contributed by atoms with E-state index in [1.165, 1.54) is 18.2 Å². The summed E-state index contributed by atoms with van der Waals surface area (Å²) in [5.41, 5.74) is 4.38. The molecule has 2 aromatic rings. The quantitative estimate of drug-likeness (QED) is 0.915. The molecule has 4 nitrogen and oxygen atoms in total. The minimum atomic E-state index is -4.46. The topological polar surface area (TPSA) is 64.9 Å². The van der Waals surface area contributed by atoms with Crippen LogP contribution in [0.1, 0.15) is 11.5 Å². The summed E-state index contributed by atoms with van der Waals surface area (Å²) in [5, 5.41) is 7.25. The minimum Gasteiger partial charge on any atom is -0.421 e. The summed E-state index contributed by atoms with van der Waals surface area (Å²) in [7, 11) is 0. The normalized spacial score (nSPS) is 11.8. The Bertz CT molecular complexity index is 536. The van der Waals surface area contributed by atoms with Gasteiger partial charge in [0.15, 0.2) is 0 Å². The summed E-state index contributed by atoms with van der Waals surface area (Å²) in [5.74, 6) is 0.0795. The molecule has 0 aliphatic rings. The van der Waals surface area contributed by atoms with Gasteiger partial charge in [0.2, 0.25) is 11.8 Å². The zero-order valence-corrected chi connectivity index (χ0v) is 9.24. The Kier molecular flexibility index (Phi) is 3.33. The smallest absolute Gasteiger partial charge is 0.417 e. The molecule has 0 saturated heterocycles. The highest BCUT2D eigenvalue weighted by molar-refractivity contribution is 5.59. The molecule has 0 amide bonds. The number of alkyl halides is 3. The molecule has 0 spiro atoms. The molecule has 7 heteroatoms. The van der Waals surface area contributed by atoms with E-state index >= 15 is 0 Å². The van der Waals surface area contributed by atoms with Gasteiger partial charge in [-0.3, -0.25) is 0 Å². The van der Waals surface area contributed by atoms with Gasteiger partial charge >= 0.3 is 6.18 Å². The zero-order chi connectivity index (χ0) is 13.2.